The third kappa shape index (κ3) is 3.93. The molecule has 1 N–H and O–H groups in total. The fourth-order valence-corrected chi connectivity index (χ4v) is 1.12. The highest BCUT2D eigenvalue weighted by Gasteiger charge is 2.01. The summed E-state index contributed by atoms with van der Waals surface area (Å²) in [7, 11) is 1.35. The number of aryl methyl sites for hydroxylation is 1. The Hall–Kier alpha value is -1.65. The van der Waals surface area contributed by atoms with Crippen molar-refractivity contribution in [3.63, 3.8) is 0 Å². The lowest BCUT2D eigenvalue weighted by molar-refractivity contribution is -0.138. The van der Waals surface area contributed by atoms with Gasteiger partial charge in [0.25, 0.3) is 0 Å². The molecule has 0 saturated carbocycles. The highest BCUT2D eigenvalue weighted by Crippen LogP contribution is 2.05. The second-order valence-electron chi connectivity index (χ2n) is 3.07. The first-order valence-corrected chi connectivity index (χ1v) is 4.88. The van der Waals surface area contributed by atoms with Crippen LogP contribution in [0.3, 0.4) is 0 Å². The summed E-state index contributed by atoms with van der Waals surface area (Å²) in [5.74, 6) is 0.338. The summed E-state index contributed by atoms with van der Waals surface area (Å²) in [6.45, 7) is 2.21. The number of anilines is 1. The van der Waals surface area contributed by atoms with Gasteiger partial charge in [0, 0.05) is 11.8 Å². The zero-order chi connectivity index (χ0) is 11.1. The molecule has 1 heterocycles. The van der Waals surface area contributed by atoms with Crippen molar-refractivity contribution in [2.24, 2.45) is 0 Å². The molecule has 0 amide bonds. The Morgan fingerprint density at radius 2 is 2.33 bits per heavy atom. The number of methoxy groups -OCH3 is 1. The minimum Gasteiger partial charge on any atom is -0.468 e. The van der Waals surface area contributed by atoms with E-state index in [9.17, 15) is 4.79 Å². The van der Waals surface area contributed by atoms with Gasteiger partial charge >= 0.3 is 5.97 Å². The Balaban J connectivity index is 2.53. The molecule has 1 aromatic rings. The summed E-state index contributed by atoms with van der Waals surface area (Å²) in [6, 6.07) is 1.84. The Bertz CT molecular complexity index is 328. The number of nitrogens with one attached hydrogen (secondary N) is 1. The Morgan fingerprint density at radius 1 is 1.53 bits per heavy atom. The van der Waals surface area contributed by atoms with E-state index < -0.39 is 0 Å². The molecule has 0 radical (unpaired) electrons. The third-order valence-electron chi connectivity index (χ3n) is 1.87. The molecule has 1 aromatic heterocycles. The number of ether oxygens (including phenoxy) is 1. The topological polar surface area (TPSA) is 64.1 Å². The van der Waals surface area contributed by atoms with Crippen LogP contribution in [0, 0.1) is 0 Å². The number of nitrogens with zero attached hydrogens (tertiary/aromatic N) is 2. The predicted molar refractivity (Wildman–Crippen MR) is 56.5 cm³/mol. The predicted octanol–water partition coefficient (Wildman–Crippen LogP) is 1.01. The largest absolute Gasteiger partial charge is 0.468 e. The van der Waals surface area contributed by atoms with Gasteiger partial charge < -0.3 is 10.1 Å². The van der Waals surface area contributed by atoms with Crippen LogP contribution in [0.4, 0.5) is 5.82 Å². The highest BCUT2D eigenvalue weighted by molar-refractivity contribution is 5.74. The zero-order valence-corrected chi connectivity index (χ0v) is 8.99. The van der Waals surface area contributed by atoms with E-state index in [1.54, 1.807) is 0 Å². The fraction of sp³-hybridized carbons (Fsp3) is 0.500. The fourth-order valence-electron chi connectivity index (χ4n) is 1.12. The van der Waals surface area contributed by atoms with Crippen molar-refractivity contribution in [2.75, 3.05) is 19.0 Å². The van der Waals surface area contributed by atoms with E-state index in [2.05, 4.69) is 26.9 Å². The summed E-state index contributed by atoms with van der Waals surface area (Å²) < 4.78 is 4.50. The van der Waals surface area contributed by atoms with E-state index in [1.807, 2.05) is 6.07 Å². The number of esters is 1. The van der Waals surface area contributed by atoms with Crippen molar-refractivity contribution in [3.8, 4) is 0 Å². The molecule has 0 unspecified atom stereocenters. The SMILES string of the molecule is CCCc1cc(NCC(=O)OC)ncn1. The van der Waals surface area contributed by atoms with Crippen molar-refractivity contribution in [1.82, 2.24) is 9.97 Å². The second kappa shape index (κ2) is 5.95. The maximum absolute atomic E-state index is 10.9. The highest BCUT2D eigenvalue weighted by atomic mass is 16.5. The maximum Gasteiger partial charge on any atom is 0.325 e. The smallest absolute Gasteiger partial charge is 0.325 e. The van der Waals surface area contributed by atoms with Crippen molar-refractivity contribution >= 4 is 11.8 Å². The lowest BCUT2D eigenvalue weighted by atomic mass is 10.2. The van der Waals surface area contributed by atoms with Crippen LogP contribution < -0.4 is 5.32 Å². The van der Waals surface area contributed by atoms with Crippen LogP contribution in [0.1, 0.15) is 19.0 Å². The maximum atomic E-state index is 10.9. The first kappa shape index (κ1) is 11.4. The van der Waals surface area contributed by atoms with Gasteiger partial charge in [-0.1, -0.05) is 13.3 Å². The molecule has 0 spiro atoms. The first-order valence-electron chi connectivity index (χ1n) is 4.88. The lowest BCUT2D eigenvalue weighted by Crippen LogP contribution is -2.15. The summed E-state index contributed by atoms with van der Waals surface area (Å²) in [4.78, 5) is 19.0. The third-order valence-corrected chi connectivity index (χ3v) is 1.87. The van der Waals surface area contributed by atoms with Gasteiger partial charge in [-0.2, -0.15) is 0 Å². The van der Waals surface area contributed by atoms with Gasteiger partial charge in [0.2, 0.25) is 0 Å². The average molecular weight is 209 g/mol. The van der Waals surface area contributed by atoms with Crippen LogP contribution in [-0.4, -0.2) is 29.6 Å². The molecule has 0 aliphatic rings. The number of hydrogen-bond donors (Lipinski definition) is 1. The zero-order valence-electron chi connectivity index (χ0n) is 8.99. The molecule has 15 heavy (non-hydrogen) atoms. The molecule has 0 aliphatic heterocycles. The Morgan fingerprint density at radius 3 is 3.00 bits per heavy atom. The normalized spacial score (nSPS) is 9.73. The van der Waals surface area contributed by atoms with Crippen LogP contribution in [0.5, 0.6) is 0 Å². The van der Waals surface area contributed by atoms with Crippen molar-refractivity contribution in [3.05, 3.63) is 18.1 Å². The van der Waals surface area contributed by atoms with Gasteiger partial charge in [-0.25, -0.2) is 9.97 Å². The minimum atomic E-state index is -0.314. The van der Waals surface area contributed by atoms with Crippen molar-refractivity contribution in [2.45, 2.75) is 19.8 Å². The number of aromatic nitrogens is 2. The molecule has 5 heteroatoms. The molecule has 82 valence electrons. The van der Waals surface area contributed by atoms with E-state index in [-0.39, 0.29) is 12.5 Å². The second-order valence-corrected chi connectivity index (χ2v) is 3.07. The van der Waals surface area contributed by atoms with Crippen LogP contribution in [0.25, 0.3) is 0 Å². The summed E-state index contributed by atoms with van der Waals surface area (Å²) in [5, 5.41) is 2.87. The lowest BCUT2D eigenvalue weighted by Gasteiger charge is -2.04. The van der Waals surface area contributed by atoms with E-state index >= 15 is 0 Å². The molecular weight excluding hydrogens is 194 g/mol. The molecule has 0 atom stereocenters. The van der Waals surface area contributed by atoms with Gasteiger partial charge in [0.15, 0.2) is 0 Å². The molecule has 0 aliphatic carbocycles. The average Bonchev–Trinajstić information content (AvgIpc) is 2.27. The van der Waals surface area contributed by atoms with E-state index in [0.717, 1.165) is 18.5 Å². The molecule has 0 aromatic carbocycles. The van der Waals surface area contributed by atoms with Gasteiger partial charge in [-0.3, -0.25) is 4.79 Å². The van der Waals surface area contributed by atoms with Crippen LogP contribution in [0.15, 0.2) is 12.4 Å². The minimum absolute atomic E-state index is 0.124. The van der Waals surface area contributed by atoms with Crippen molar-refractivity contribution < 1.29 is 9.53 Å². The van der Waals surface area contributed by atoms with Crippen LogP contribution in [-0.2, 0) is 16.0 Å². The van der Waals surface area contributed by atoms with E-state index in [0.29, 0.717) is 5.82 Å². The number of carbonyl (C=O) groups is 1. The quantitative estimate of drug-likeness (QED) is 0.733. The van der Waals surface area contributed by atoms with Gasteiger partial charge in [0.05, 0.1) is 7.11 Å². The van der Waals surface area contributed by atoms with E-state index in [1.165, 1.54) is 13.4 Å². The number of hydrogen-bond acceptors (Lipinski definition) is 5. The molecule has 0 bridgehead atoms. The van der Waals surface area contributed by atoms with Gasteiger partial charge in [-0.05, 0) is 6.42 Å². The number of carbonyl (C=O) groups excluding carboxylic acids is 1. The summed E-state index contributed by atoms with van der Waals surface area (Å²) >= 11 is 0. The van der Waals surface area contributed by atoms with Crippen LogP contribution >= 0.6 is 0 Å². The molecule has 0 fully saturated rings. The standard InChI is InChI=1S/C10H15N3O2/c1-3-4-8-5-9(13-7-12-8)11-6-10(14)15-2/h5,7H,3-4,6H2,1-2H3,(H,11,12,13). The molecule has 0 saturated heterocycles. The first-order chi connectivity index (χ1) is 7.26. The van der Waals surface area contributed by atoms with Crippen molar-refractivity contribution in [1.29, 1.82) is 0 Å². The summed E-state index contributed by atoms with van der Waals surface area (Å²) in [5.41, 5.74) is 0.972. The molecule has 5 nitrogen and oxygen atoms in total. The van der Waals surface area contributed by atoms with E-state index in [4.69, 9.17) is 0 Å². The van der Waals surface area contributed by atoms with Crippen LogP contribution in [0.2, 0.25) is 0 Å². The Labute approximate surface area is 88.9 Å². The number of rotatable bonds is 5. The summed E-state index contributed by atoms with van der Waals surface area (Å²) in [6.07, 6.45) is 3.44. The molecule has 1 rings (SSSR count). The monoisotopic (exact) mass is 209 g/mol. The molecular formula is C10H15N3O2. The van der Waals surface area contributed by atoms with Gasteiger partial charge in [0.1, 0.15) is 18.7 Å². The Kier molecular flexibility index (Phi) is 4.53. The van der Waals surface area contributed by atoms with Gasteiger partial charge in [-0.15, -0.1) is 0 Å².